The van der Waals surface area contributed by atoms with Gasteiger partial charge in [-0.15, -0.1) is 0 Å². The van der Waals surface area contributed by atoms with Crippen LogP contribution in [0.4, 0.5) is 11.4 Å². The average Bonchev–Trinajstić information content (AvgIpc) is 2.47. The van der Waals surface area contributed by atoms with Crippen molar-refractivity contribution in [1.29, 1.82) is 0 Å². The van der Waals surface area contributed by atoms with Crippen molar-refractivity contribution in [3.05, 3.63) is 18.2 Å². The molecular weight excluding hydrogens is 238 g/mol. The molecular formula is C15H25N3O. The van der Waals surface area contributed by atoms with Crippen LogP contribution < -0.4 is 15.4 Å². The fourth-order valence-corrected chi connectivity index (χ4v) is 2.78. The van der Waals surface area contributed by atoms with E-state index >= 15 is 0 Å². The van der Waals surface area contributed by atoms with Crippen LogP contribution in [0.15, 0.2) is 18.2 Å². The lowest BCUT2D eigenvalue weighted by molar-refractivity contribution is 0.221. The van der Waals surface area contributed by atoms with Gasteiger partial charge in [0, 0.05) is 32.2 Å². The predicted molar refractivity (Wildman–Crippen MR) is 80.9 cm³/mol. The van der Waals surface area contributed by atoms with Crippen molar-refractivity contribution in [3.8, 4) is 5.75 Å². The van der Waals surface area contributed by atoms with Crippen LogP contribution in [-0.4, -0.2) is 44.7 Å². The fraction of sp³-hybridized carbons (Fsp3) is 0.600. The lowest BCUT2D eigenvalue weighted by Gasteiger charge is -2.37. The molecule has 1 aliphatic heterocycles. The highest BCUT2D eigenvalue weighted by molar-refractivity contribution is 5.69. The van der Waals surface area contributed by atoms with Crippen molar-refractivity contribution >= 4 is 11.4 Å². The van der Waals surface area contributed by atoms with E-state index < -0.39 is 0 Å². The summed E-state index contributed by atoms with van der Waals surface area (Å²) >= 11 is 0. The number of nitrogens with zero attached hydrogens (tertiary/aromatic N) is 2. The number of likely N-dealkylation sites (tertiary alicyclic amines) is 1. The van der Waals surface area contributed by atoms with Gasteiger partial charge < -0.3 is 20.3 Å². The largest absolute Gasteiger partial charge is 0.497 e. The molecule has 2 N–H and O–H groups in total. The van der Waals surface area contributed by atoms with E-state index in [1.54, 1.807) is 7.11 Å². The zero-order chi connectivity index (χ0) is 13.8. The number of ether oxygens (including phenoxy) is 1. The van der Waals surface area contributed by atoms with Crippen LogP contribution in [0.3, 0.4) is 0 Å². The first-order valence-corrected chi connectivity index (χ1v) is 7.04. The first-order chi connectivity index (χ1) is 9.15. The molecule has 2 rings (SSSR count). The highest BCUT2D eigenvalue weighted by Gasteiger charge is 2.23. The monoisotopic (exact) mass is 263 g/mol. The quantitative estimate of drug-likeness (QED) is 0.846. The fourth-order valence-electron chi connectivity index (χ4n) is 2.78. The SMILES string of the molecule is CCN1CCC(N(C)c2cc(OC)ccc2N)CC1. The lowest BCUT2D eigenvalue weighted by atomic mass is 10.0. The van der Waals surface area contributed by atoms with Crippen LogP contribution in [-0.2, 0) is 0 Å². The maximum absolute atomic E-state index is 6.10. The first kappa shape index (κ1) is 14.0. The van der Waals surface area contributed by atoms with Crippen molar-refractivity contribution in [2.75, 3.05) is 44.4 Å². The van der Waals surface area contributed by atoms with Gasteiger partial charge in [0.2, 0.25) is 0 Å². The summed E-state index contributed by atoms with van der Waals surface area (Å²) in [6.07, 6.45) is 2.39. The maximum Gasteiger partial charge on any atom is 0.121 e. The lowest BCUT2D eigenvalue weighted by Crippen LogP contribution is -2.43. The molecule has 1 saturated heterocycles. The van der Waals surface area contributed by atoms with E-state index in [0.717, 1.165) is 23.7 Å². The van der Waals surface area contributed by atoms with E-state index in [2.05, 4.69) is 23.8 Å². The van der Waals surface area contributed by atoms with E-state index in [-0.39, 0.29) is 0 Å². The molecule has 0 unspecified atom stereocenters. The van der Waals surface area contributed by atoms with Crippen LogP contribution in [0.1, 0.15) is 19.8 Å². The molecule has 0 amide bonds. The Bertz CT molecular complexity index is 414. The molecule has 4 nitrogen and oxygen atoms in total. The second-order valence-electron chi connectivity index (χ2n) is 5.20. The van der Waals surface area contributed by atoms with Gasteiger partial charge in [0.1, 0.15) is 5.75 Å². The maximum atomic E-state index is 6.10. The van der Waals surface area contributed by atoms with Crippen LogP contribution >= 0.6 is 0 Å². The summed E-state index contributed by atoms with van der Waals surface area (Å²) in [7, 11) is 3.83. The molecule has 19 heavy (non-hydrogen) atoms. The average molecular weight is 263 g/mol. The van der Waals surface area contributed by atoms with Gasteiger partial charge in [0.25, 0.3) is 0 Å². The molecule has 0 saturated carbocycles. The van der Waals surface area contributed by atoms with Crippen molar-refractivity contribution in [3.63, 3.8) is 0 Å². The molecule has 0 spiro atoms. The molecule has 1 aliphatic rings. The van der Waals surface area contributed by atoms with Gasteiger partial charge >= 0.3 is 0 Å². The van der Waals surface area contributed by atoms with Crippen LogP contribution in [0.5, 0.6) is 5.75 Å². The summed E-state index contributed by atoms with van der Waals surface area (Å²) < 4.78 is 5.29. The van der Waals surface area contributed by atoms with E-state index in [0.29, 0.717) is 6.04 Å². The van der Waals surface area contributed by atoms with E-state index in [4.69, 9.17) is 10.5 Å². The zero-order valence-corrected chi connectivity index (χ0v) is 12.2. The molecule has 1 heterocycles. The van der Waals surface area contributed by atoms with E-state index in [9.17, 15) is 0 Å². The number of methoxy groups -OCH3 is 1. The molecule has 0 bridgehead atoms. The predicted octanol–water partition coefficient (Wildman–Crippen LogP) is 2.20. The van der Waals surface area contributed by atoms with Crippen molar-refractivity contribution in [2.45, 2.75) is 25.8 Å². The smallest absolute Gasteiger partial charge is 0.121 e. The Morgan fingerprint density at radius 3 is 2.63 bits per heavy atom. The third-order valence-corrected chi connectivity index (χ3v) is 4.17. The summed E-state index contributed by atoms with van der Waals surface area (Å²) in [6, 6.07) is 6.43. The van der Waals surface area contributed by atoms with Crippen molar-refractivity contribution in [2.24, 2.45) is 0 Å². The molecule has 4 heteroatoms. The molecule has 1 fully saturated rings. The van der Waals surface area contributed by atoms with E-state index in [1.165, 1.54) is 25.9 Å². The summed E-state index contributed by atoms with van der Waals surface area (Å²) in [4.78, 5) is 4.81. The minimum absolute atomic E-state index is 0.567. The number of hydrogen-bond donors (Lipinski definition) is 1. The molecule has 1 aromatic rings. The van der Waals surface area contributed by atoms with Crippen molar-refractivity contribution < 1.29 is 4.74 Å². The van der Waals surface area contributed by atoms with Gasteiger partial charge in [-0.3, -0.25) is 0 Å². The summed E-state index contributed by atoms with van der Waals surface area (Å²) in [5.41, 5.74) is 8.00. The second kappa shape index (κ2) is 6.15. The molecule has 0 radical (unpaired) electrons. The Labute approximate surface area is 116 Å². The Morgan fingerprint density at radius 2 is 2.05 bits per heavy atom. The van der Waals surface area contributed by atoms with Gasteiger partial charge in [0.15, 0.2) is 0 Å². The van der Waals surface area contributed by atoms with Gasteiger partial charge in [0.05, 0.1) is 18.5 Å². The van der Waals surface area contributed by atoms with Gasteiger partial charge in [-0.1, -0.05) is 6.92 Å². The Kier molecular flexibility index (Phi) is 4.53. The molecule has 0 aromatic heterocycles. The van der Waals surface area contributed by atoms with Gasteiger partial charge in [-0.05, 0) is 31.5 Å². The summed E-state index contributed by atoms with van der Waals surface area (Å²) in [6.45, 7) is 5.73. The number of benzene rings is 1. The van der Waals surface area contributed by atoms with Crippen LogP contribution in [0, 0.1) is 0 Å². The van der Waals surface area contributed by atoms with Crippen molar-refractivity contribution in [1.82, 2.24) is 4.90 Å². The zero-order valence-electron chi connectivity index (χ0n) is 12.2. The molecule has 0 aliphatic carbocycles. The van der Waals surface area contributed by atoms with Gasteiger partial charge in [-0.2, -0.15) is 0 Å². The number of nitrogen functional groups attached to an aromatic ring is 1. The Balaban J connectivity index is 2.09. The normalized spacial score (nSPS) is 17.4. The number of nitrogens with two attached hydrogens (primary N) is 1. The number of hydrogen-bond acceptors (Lipinski definition) is 4. The third-order valence-electron chi connectivity index (χ3n) is 4.17. The second-order valence-corrected chi connectivity index (χ2v) is 5.20. The highest BCUT2D eigenvalue weighted by atomic mass is 16.5. The number of anilines is 2. The molecule has 0 atom stereocenters. The number of piperidine rings is 1. The Hall–Kier alpha value is -1.42. The van der Waals surface area contributed by atoms with Crippen LogP contribution in [0.25, 0.3) is 0 Å². The third kappa shape index (κ3) is 3.13. The van der Waals surface area contributed by atoms with E-state index in [1.807, 2.05) is 18.2 Å². The van der Waals surface area contributed by atoms with Crippen LogP contribution in [0.2, 0.25) is 0 Å². The van der Waals surface area contributed by atoms with Gasteiger partial charge in [-0.25, -0.2) is 0 Å². The molecule has 1 aromatic carbocycles. The first-order valence-electron chi connectivity index (χ1n) is 7.04. The minimum Gasteiger partial charge on any atom is -0.497 e. The minimum atomic E-state index is 0.567. The highest BCUT2D eigenvalue weighted by Crippen LogP contribution is 2.30. The summed E-state index contributed by atoms with van der Waals surface area (Å²) in [5.74, 6) is 0.863. The number of rotatable bonds is 4. The topological polar surface area (TPSA) is 41.7 Å². The standard InChI is InChI=1S/C15H25N3O/c1-4-18-9-7-12(8-10-18)17(2)15-11-13(19-3)5-6-14(15)16/h5-6,11-12H,4,7-10,16H2,1-3H3. The molecule has 106 valence electrons. The Morgan fingerprint density at radius 1 is 1.37 bits per heavy atom. The summed E-state index contributed by atoms with van der Waals surface area (Å²) in [5, 5.41) is 0.